The van der Waals surface area contributed by atoms with E-state index in [0.29, 0.717) is 36.2 Å². The summed E-state index contributed by atoms with van der Waals surface area (Å²) in [6.45, 7) is 1.06. The van der Waals surface area contributed by atoms with Crippen LogP contribution in [0.4, 0.5) is 0 Å². The number of hydrogen-bond donors (Lipinski definition) is 1. The topological polar surface area (TPSA) is 38.7 Å². The smallest absolute Gasteiger partial charge is 0.175 e. The predicted octanol–water partition coefficient (Wildman–Crippen LogP) is 4.15. The summed E-state index contributed by atoms with van der Waals surface area (Å²) in [5.74, 6) is 1.36. The maximum atomic E-state index is 10.4. The van der Waals surface area contributed by atoms with Crippen LogP contribution in [0.15, 0.2) is 40.9 Å². The van der Waals surface area contributed by atoms with Gasteiger partial charge in [0.25, 0.3) is 0 Å². The highest BCUT2D eigenvalue weighted by atomic mass is 79.9. The van der Waals surface area contributed by atoms with E-state index in [1.54, 1.807) is 0 Å². The second-order valence-electron chi connectivity index (χ2n) is 4.88. The molecule has 0 amide bonds. The molecule has 110 valence electrons. The van der Waals surface area contributed by atoms with Crippen LogP contribution in [0.5, 0.6) is 11.5 Å². The van der Waals surface area contributed by atoms with Gasteiger partial charge in [-0.1, -0.05) is 23.7 Å². The molecule has 21 heavy (non-hydrogen) atoms. The van der Waals surface area contributed by atoms with Gasteiger partial charge in [0.15, 0.2) is 11.5 Å². The summed E-state index contributed by atoms with van der Waals surface area (Å²) >= 11 is 9.43. The maximum Gasteiger partial charge on any atom is 0.175 e. The maximum absolute atomic E-state index is 10.4. The summed E-state index contributed by atoms with van der Waals surface area (Å²) in [6.07, 6.45) is -0.136. The highest BCUT2D eigenvalue weighted by Gasteiger charge is 2.19. The lowest BCUT2D eigenvalue weighted by atomic mass is 10.0. The molecule has 3 nitrogen and oxygen atoms in total. The van der Waals surface area contributed by atoms with Crippen molar-refractivity contribution in [3.63, 3.8) is 0 Å². The zero-order valence-electron chi connectivity index (χ0n) is 11.2. The molecule has 0 spiro atoms. The highest BCUT2D eigenvalue weighted by molar-refractivity contribution is 9.10. The Kier molecular flexibility index (Phi) is 4.38. The Bertz CT molecular complexity index is 660. The SMILES string of the molecule is OC(Cc1cccc(Cl)c1)c1cc(Br)c2c(c1)OCCO2. The van der Waals surface area contributed by atoms with Gasteiger partial charge in [-0.25, -0.2) is 0 Å². The van der Waals surface area contributed by atoms with Gasteiger partial charge in [0, 0.05) is 11.4 Å². The van der Waals surface area contributed by atoms with Crippen LogP contribution in [0.1, 0.15) is 17.2 Å². The van der Waals surface area contributed by atoms with Crippen LogP contribution in [0.3, 0.4) is 0 Å². The largest absolute Gasteiger partial charge is 0.486 e. The number of hydrogen-bond acceptors (Lipinski definition) is 3. The minimum absolute atomic E-state index is 0.493. The van der Waals surface area contributed by atoms with E-state index >= 15 is 0 Å². The molecule has 0 fully saturated rings. The summed E-state index contributed by atoms with van der Waals surface area (Å²) in [5, 5.41) is 11.1. The molecule has 1 heterocycles. The standard InChI is InChI=1S/C16H14BrClO3/c17-13-8-11(9-15-16(13)21-5-4-20-15)14(19)7-10-2-1-3-12(18)6-10/h1-3,6,8-9,14,19H,4-5,7H2. The molecule has 2 aromatic rings. The molecule has 1 aliphatic rings. The van der Waals surface area contributed by atoms with Crippen LogP contribution in [-0.2, 0) is 6.42 Å². The molecule has 0 saturated carbocycles. The minimum Gasteiger partial charge on any atom is -0.486 e. The molecule has 0 radical (unpaired) electrons. The molecular weight excluding hydrogens is 356 g/mol. The van der Waals surface area contributed by atoms with Crippen molar-refractivity contribution in [3.8, 4) is 11.5 Å². The number of benzene rings is 2. The fraction of sp³-hybridized carbons (Fsp3) is 0.250. The van der Waals surface area contributed by atoms with E-state index in [1.165, 1.54) is 0 Å². The van der Waals surface area contributed by atoms with Gasteiger partial charge < -0.3 is 14.6 Å². The lowest BCUT2D eigenvalue weighted by molar-refractivity contribution is 0.163. The number of halogens is 2. The first-order chi connectivity index (χ1) is 10.1. The van der Waals surface area contributed by atoms with E-state index in [2.05, 4.69) is 15.9 Å². The van der Waals surface area contributed by atoms with Crippen molar-refractivity contribution in [1.29, 1.82) is 0 Å². The lowest BCUT2D eigenvalue weighted by Crippen LogP contribution is -2.16. The van der Waals surface area contributed by atoms with Crippen molar-refractivity contribution in [2.45, 2.75) is 12.5 Å². The third-order valence-corrected chi connectivity index (χ3v) is 4.15. The van der Waals surface area contributed by atoms with Gasteiger partial charge in [-0.05, 0) is 51.3 Å². The third-order valence-electron chi connectivity index (χ3n) is 3.32. The first kappa shape index (κ1) is 14.7. The van der Waals surface area contributed by atoms with E-state index < -0.39 is 6.10 Å². The van der Waals surface area contributed by atoms with E-state index in [4.69, 9.17) is 21.1 Å². The van der Waals surface area contributed by atoms with Crippen LogP contribution >= 0.6 is 27.5 Å². The zero-order valence-corrected chi connectivity index (χ0v) is 13.5. The van der Waals surface area contributed by atoms with Gasteiger partial charge in [0.2, 0.25) is 0 Å². The van der Waals surface area contributed by atoms with Crippen molar-refractivity contribution in [2.75, 3.05) is 13.2 Å². The Morgan fingerprint density at radius 2 is 2.00 bits per heavy atom. The van der Waals surface area contributed by atoms with Crippen LogP contribution in [-0.4, -0.2) is 18.3 Å². The Labute approximate surface area is 136 Å². The van der Waals surface area contributed by atoms with Crippen molar-refractivity contribution in [2.24, 2.45) is 0 Å². The van der Waals surface area contributed by atoms with Gasteiger partial charge in [-0.15, -0.1) is 0 Å². The monoisotopic (exact) mass is 368 g/mol. The molecule has 0 aliphatic carbocycles. The van der Waals surface area contributed by atoms with E-state index in [1.807, 2.05) is 36.4 Å². The van der Waals surface area contributed by atoms with Crippen LogP contribution in [0, 0.1) is 0 Å². The summed E-state index contributed by atoms with van der Waals surface area (Å²) in [5.41, 5.74) is 1.77. The average Bonchev–Trinajstić information content (AvgIpc) is 2.47. The number of fused-ring (bicyclic) bond motifs is 1. The molecule has 0 aromatic heterocycles. The average molecular weight is 370 g/mol. The van der Waals surface area contributed by atoms with E-state index in [9.17, 15) is 5.11 Å². The van der Waals surface area contributed by atoms with Crippen LogP contribution in [0.25, 0.3) is 0 Å². The Morgan fingerprint density at radius 3 is 2.81 bits per heavy atom. The summed E-state index contributed by atoms with van der Waals surface area (Å²) in [6, 6.07) is 11.2. The van der Waals surface area contributed by atoms with Crippen molar-refractivity contribution < 1.29 is 14.6 Å². The summed E-state index contributed by atoms with van der Waals surface area (Å²) < 4.78 is 11.9. The minimum atomic E-state index is -0.629. The molecule has 0 saturated heterocycles. The molecule has 3 rings (SSSR count). The van der Waals surface area contributed by atoms with Gasteiger partial charge in [0.05, 0.1) is 10.6 Å². The molecule has 1 unspecified atom stereocenters. The molecular formula is C16H14BrClO3. The van der Waals surface area contributed by atoms with Gasteiger partial charge in [0.1, 0.15) is 13.2 Å². The first-order valence-electron chi connectivity index (χ1n) is 6.65. The molecule has 1 aliphatic heterocycles. The number of rotatable bonds is 3. The van der Waals surface area contributed by atoms with Gasteiger partial charge >= 0.3 is 0 Å². The molecule has 5 heteroatoms. The fourth-order valence-corrected chi connectivity index (χ4v) is 3.12. The van der Waals surface area contributed by atoms with Crippen LogP contribution in [0.2, 0.25) is 5.02 Å². The summed E-state index contributed by atoms with van der Waals surface area (Å²) in [4.78, 5) is 0. The highest BCUT2D eigenvalue weighted by Crippen LogP contribution is 2.40. The number of ether oxygens (including phenoxy) is 2. The quantitative estimate of drug-likeness (QED) is 0.883. The molecule has 1 atom stereocenters. The fourth-order valence-electron chi connectivity index (χ4n) is 2.33. The van der Waals surface area contributed by atoms with Crippen LogP contribution < -0.4 is 9.47 Å². The lowest BCUT2D eigenvalue weighted by Gasteiger charge is -2.21. The van der Waals surface area contributed by atoms with E-state index in [0.717, 1.165) is 15.6 Å². The van der Waals surface area contributed by atoms with Crippen molar-refractivity contribution in [3.05, 3.63) is 57.0 Å². The van der Waals surface area contributed by atoms with Crippen molar-refractivity contribution in [1.82, 2.24) is 0 Å². The molecule has 2 aromatic carbocycles. The second-order valence-corrected chi connectivity index (χ2v) is 6.17. The van der Waals surface area contributed by atoms with E-state index in [-0.39, 0.29) is 0 Å². The normalized spacial score (nSPS) is 14.8. The van der Waals surface area contributed by atoms with Crippen molar-refractivity contribution >= 4 is 27.5 Å². The summed E-state index contributed by atoms with van der Waals surface area (Å²) in [7, 11) is 0. The molecule has 0 bridgehead atoms. The Balaban J connectivity index is 1.84. The Morgan fingerprint density at radius 1 is 1.19 bits per heavy atom. The zero-order chi connectivity index (χ0) is 14.8. The van der Waals surface area contributed by atoms with Gasteiger partial charge in [-0.3, -0.25) is 0 Å². The third kappa shape index (κ3) is 3.34. The number of aliphatic hydroxyl groups excluding tert-OH is 1. The Hall–Kier alpha value is -1.23. The second kappa shape index (κ2) is 6.26. The van der Waals surface area contributed by atoms with Gasteiger partial charge in [-0.2, -0.15) is 0 Å². The first-order valence-corrected chi connectivity index (χ1v) is 7.82. The molecule has 1 N–H and O–H groups in total. The predicted molar refractivity (Wildman–Crippen MR) is 85.2 cm³/mol. The number of aliphatic hydroxyl groups is 1.